The first kappa shape index (κ1) is 11.1. The molecule has 0 aliphatic rings. The molecule has 0 radical (unpaired) electrons. The molecule has 2 rings (SSSR count). The lowest BCUT2D eigenvalue weighted by Gasteiger charge is -2.02. The summed E-state index contributed by atoms with van der Waals surface area (Å²) in [5.41, 5.74) is 1.13. The van der Waals surface area contributed by atoms with Crippen molar-refractivity contribution in [3.63, 3.8) is 0 Å². The number of H-pyrrole nitrogens is 1. The van der Waals surface area contributed by atoms with E-state index in [0.717, 1.165) is 0 Å². The molecule has 2 aromatic rings. The second-order valence-corrected chi connectivity index (χ2v) is 3.50. The van der Waals surface area contributed by atoms with Gasteiger partial charge in [-0.25, -0.2) is 0 Å². The molecule has 0 saturated heterocycles. The van der Waals surface area contributed by atoms with E-state index in [1.165, 1.54) is 0 Å². The Labute approximate surface area is 97.9 Å². The Morgan fingerprint density at radius 2 is 1.94 bits per heavy atom. The zero-order valence-corrected chi connectivity index (χ0v) is 9.01. The van der Waals surface area contributed by atoms with Crippen LogP contribution in [-0.2, 0) is 11.2 Å². The third-order valence-corrected chi connectivity index (χ3v) is 2.20. The Balaban J connectivity index is 1.93. The van der Waals surface area contributed by atoms with Gasteiger partial charge >= 0.3 is 0 Å². The molecule has 0 fully saturated rings. The summed E-state index contributed by atoms with van der Waals surface area (Å²) in [4.78, 5) is 23.1. The average molecular weight is 229 g/mol. The summed E-state index contributed by atoms with van der Waals surface area (Å²) in [6, 6.07) is 10.3. The fraction of sp³-hybridized carbons (Fsp3) is 0.0833. The first-order valence-electron chi connectivity index (χ1n) is 5.13. The van der Waals surface area contributed by atoms with Crippen LogP contribution in [0.5, 0.6) is 0 Å². The maximum Gasteiger partial charge on any atom is 0.257 e. The minimum atomic E-state index is -0.393. The van der Waals surface area contributed by atoms with E-state index in [1.54, 1.807) is 36.5 Å². The number of carbonyl (C=O) groups excluding carboxylic acids is 2. The van der Waals surface area contributed by atoms with Crippen LogP contribution in [0.15, 0.2) is 42.6 Å². The monoisotopic (exact) mass is 229 g/mol. The summed E-state index contributed by atoms with van der Waals surface area (Å²) in [7, 11) is 0. The molecule has 86 valence electrons. The van der Waals surface area contributed by atoms with Crippen LogP contribution in [0.2, 0.25) is 0 Å². The molecular formula is C12H11N3O2. The standard InChI is InChI=1S/C12H11N3O2/c16-11(8-10-6-7-13-15-10)14-12(17)9-4-2-1-3-5-9/h1-7H,8H2,(H,13,15)(H,14,16,17). The van der Waals surface area contributed by atoms with Gasteiger partial charge in [-0.15, -0.1) is 0 Å². The van der Waals surface area contributed by atoms with E-state index in [2.05, 4.69) is 15.5 Å². The summed E-state index contributed by atoms with van der Waals surface area (Å²) >= 11 is 0. The molecule has 0 spiro atoms. The van der Waals surface area contributed by atoms with E-state index in [1.807, 2.05) is 6.07 Å². The van der Waals surface area contributed by atoms with Crippen molar-refractivity contribution in [3.05, 3.63) is 53.9 Å². The van der Waals surface area contributed by atoms with Crippen molar-refractivity contribution in [2.75, 3.05) is 0 Å². The molecule has 17 heavy (non-hydrogen) atoms. The zero-order chi connectivity index (χ0) is 12.1. The van der Waals surface area contributed by atoms with Crippen molar-refractivity contribution in [2.45, 2.75) is 6.42 Å². The van der Waals surface area contributed by atoms with Crippen LogP contribution >= 0.6 is 0 Å². The van der Waals surface area contributed by atoms with Gasteiger partial charge in [0.2, 0.25) is 5.91 Å². The van der Waals surface area contributed by atoms with Crippen molar-refractivity contribution >= 4 is 11.8 Å². The minimum Gasteiger partial charge on any atom is -0.292 e. The largest absolute Gasteiger partial charge is 0.292 e. The third-order valence-electron chi connectivity index (χ3n) is 2.20. The van der Waals surface area contributed by atoms with Crippen molar-refractivity contribution in [1.82, 2.24) is 15.5 Å². The Kier molecular flexibility index (Phi) is 3.30. The number of hydrogen-bond acceptors (Lipinski definition) is 3. The van der Waals surface area contributed by atoms with Crippen molar-refractivity contribution in [2.24, 2.45) is 0 Å². The van der Waals surface area contributed by atoms with Gasteiger partial charge in [-0.05, 0) is 18.2 Å². The van der Waals surface area contributed by atoms with Gasteiger partial charge in [-0.3, -0.25) is 20.0 Å². The van der Waals surface area contributed by atoms with Crippen molar-refractivity contribution in [3.8, 4) is 0 Å². The topological polar surface area (TPSA) is 74.8 Å². The number of nitrogens with one attached hydrogen (secondary N) is 2. The van der Waals surface area contributed by atoms with Crippen LogP contribution in [-0.4, -0.2) is 22.0 Å². The number of aromatic nitrogens is 2. The Morgan fingerprint density at radius 3 is 2.59 bits per heavy atom. The van der Waals surface area contributed by atoms with E-state index in [-0.39, 0.29) is 12.3 Å². The van der Waals surface area contributed by atoms with Crippen LogP contribution < -0.4 is 5.32 Å². The normalized spacial score (nSPS) is 9.88. The number of benzene rings is 1. The first-order chi connectivity index (χ1) is 8.25. The summed E-state index contributed by atoms with van der Waals surface area (Å²) < 4.78 is 0. The summed E-state index contributed by atoms with van der Waals surface area (Å²) in [5, 5.41) is 8.69. The van der Waals surface area contributed by atoms with Crippen LogP contribution in [0.25, 0.3) is 0 Å². The third kappa shape index (κ3) is 3.01. The van der Waals surface area contributed by atoms with Crippen LogP contribution in [0.4, 0.5) is 0 Å². The van der Waals surface area contributed by atoms with Crippen molar-refractivity contribution < 1.29 is 9.59 Å². The number of hydrogen-bond donors (Lipinski definition) is 2. The molecule has 5 heteroatoms. The molecule has 5 nitrogen and oxygen atoms in total. The van der Waals surface area contributed by atoms with Gasteiger partial charge in [0.25, 0.3) is 5.91 Å². The van der Waals surface area contributed by atoms with Gasteiger partial charge in [0.15, 0.2) is 0 Å². The number of rotatable bonds is 3. The van der Waals surface area contributed by atoms with E-state index in [4.69, 9.17) is 0 Å². The molecule has 0 aliphatic carbocycles. The van der Waals surface area contributed by atoms with Gasteiger partial charge in [0, 0.05) is 17.5 Å². The highest BCUT2D eigenvalue weighted by atomic mass is 16.2. The molecule has 0 saturated carbocycles. The zero-order valence-electron chi connectivity index (χ0n) is 9.01. The molecule has 0 aliphatic heterocycles. The Hall–Kier alpha value is -2.43. The molecule has 1 heterocycles. The number of nitrogens with zero attached hydrogens (tertiary/aromatic N) is 1. The maximum atomic E-state index is 11.6. The lowest BCUT2D eigenvalue weighted by molar-refractivity contribution is -0.119. The number of amides is 2. The SMILES string of the molecule is O=C(Cc1ccn[nH]1)NC(=O)c1ccccc1. The van der Waals surface area contributed by atoms with Gasteiger partial charge < -0.3 is 0 Å². The first-order valence-corrected chi connectivity index (χ1v) is 5.13. The highest BCUT2D eigenvalue weighted by molar-refractivity contribution is 6.04. The maximum absolute atomic E-state index is 11.6. The molecule has 0 bridgehead atoms. The van der Waals surface area contributed by atoms with Gasteiger partial charge in [0.1, 0.15) is 0 Å². The van der Waals surface area contributed by atoms with Gasteiger partial charge in [-0.1, -0.05) is 18.2 Å². The van der Waals surface area contributed by atoms with Gasteiger partial charge in [-0.2, -0.15) is 5.10 Å². The van der Waals surface area contributed by atoms with Crippen molar-refractivity contribution in [1.29, 1.82) is 0 Å². The number of imide groups is 1. The fourth-order valence-electron chi connectivity index (χ4n) is 1.39. The van der Waals surface area contributed by atoms with Gasteiger partial charge in [0.05, 0.1) is 6.42 Å². The van der Waals surface area contributed by atoms with E-state index in [0.29, 0.717) is 11.3 Å². The molecule has 1 aromatic carbocycles. The number of carbonyl (C=O) groups is 2. The highest BCUT2D eigenvalue weighted by Gasteiger charge is 2.10. The average Bonchev–Trinajstić information content (AvgIpc) is 2.82. The smallest absolute Gasteiger partial charge is 0.257 e. The fourth-order valence-corrected chi connectivity index (χ4v) is 1.39. The Morgan fingerprint density at radius 1 is 1.18 bits per heavy atom. The lowest BCUT2D eigenvalue weighted by atomic mass is 10.2. The number of aromatic amines is 1. The molecule has 2 amide bonds. The summed E-state index contributed by atoms with van der Waals surface area (Å²) in [5.74, 6) is -0.752. The van der Waals surface area contributed by atoms with Crippen LogP contribution in [0, 0.1) is 0 Å². The molecule has 0 atom stereocenters. The highest BCUT2D eigenvalue weighted by Crippen LogP contribution is 1.98. The van der Waals surface area contributed by atoms with E-state index < -0.39 is 5.91 Å². The second-order valence-electron chi connectivity index (χ2n) is 3.50. The predicted molar refractivity (Wildman–Crippen MR) is 61.2 cm³/mol. The van der Waals surface area contributed by atoms with Crippen LogP contribution in [0.3, 0.4) is 0 Å². The predicted octanol–water partition coefficient (Wildman–Crippen LogP) is 0.909. The van der Waals surface area contributed by atoms with E-state index in [9.17, 15) is 9.59 Å². The quantitative estimate of drug-likeness (QED) is 0.821. The molecule has 1 aromatic heterocycles. The molecular weight excluding hydrogens is 218 g/mol. The minimum absolute atomic E-state index is 0.110. The molecule has 2 N–H and O–H groups in total. The van der Waals surface area contributed by atoms with E-state index >= 15 is 0 Å². The summed E-state index contributed by atoms with van der Waals surface area (Å²) in [6.45, 7) is 0. The summed E-state index contributed by atoms with van der Waals surface area (Å²) in [6.07, 6.45) is 1.67. The molecule has 0 unspecified atom stereocenters. The lowest BCUT2D eigenvalue weighted by Crippen LogP contribution is -2.31. The second kappa shape index (κ2) is 5.07. The van der Waals surface area contributed by atoms with Crippen LogP contribution in [0.1, 0.15) is 16.1 Å². The Bertz CT molecular complexity index is 506.